The highest BCUT2D eigenvalue weighted by molar-refractivity contribution is 6.15. The summed E-state index contributed by atoms with van der Waals surface area (Å²) in [5, 5.41) is 11.0. The Kier molecular flexibility index (Phi) is 5.76. The first-order valence-electron chi connectivity index (χ1n) is 10.2. The average Bonchev–Trinajstić information content (AvgIpc) is 2.66. The van der Waals surface area contributed by atoms with Gasteiger partial charge in [-0.1, -0.05) is 13.0 Å². The number of hydrogen-bond donors (Lipinski definition) is 0. The van der Waals surface area contributed by atoms with Gasteiger partial charge in [0.1, 0.15) is 28.6 Å². The summed E-state index contributed by atoms with van der Waals surface area (Å²) in [6, 6.07) is 9.83. The maximum Gasteiger partial charge on any atom is 0.272 e. The molecular weight excluding hydrogens is 398 g/mol. The minimum absolute atomic E-state index is 0.0113. The van der Waals surface area contributed by atoms with Crippen molar-refractivity contribution >= 4 is 17.3 Å². The Balaban J connectivity index is 2.03. The Morgan fingerprint density at radius 2 is 1.55 bits per heavy atom. The van der Waals surface area contributed by atoms with Gasteiger partial charge in [0.05, 0.1) is 4.92 Å². The summed E-state index contributed by atoms with van der Waals surface area (Å²) >= 11 is 0. The second-order valence-corrected chi connectivity index (χ2v) is 8.81. The smallest absolute Gasteiger partial charge is 0.272 e. The number of rotatable bonds is 5. The molecule has 1 aliphatic rings. The second kappa shape index (κ2) is 7.89. The third-order valence-corrected chi connectivity index (χ3v) is 5.63. The fourth-order valence-corrected chi connectivity index (χ4v) is 4.09. The number of Topliss-reactive ketones (excluding diaryl/α,β-unsaturated/α-hetero) is 2. The van der Waals surface area contributed by atoms with E-state index < -0.39 is 22.0 Å². The number of aryl methyl sites for hydroxylation is 2. The van der Waals surface area contributed by atoms with Crippen LogP contribution in [0.1, 0.15) is 57.2 Å². The number of carbonyl (C=O) groups excluding carboxylic acids is 2. The van der Waals surface area contributed by atoms with Crippen LogP contribution in [0.5, 0.6) is 11.5 Å². The second-order valence-electron chi connectivity index (χ2n) is 8.81. The van der Waals surface area contributed by atoms with Gasteiger partial charge in [0.25, 0.3) is 5.69 Å². The highest BCUT2D eigenvalue weighted by Crippen LogP contribution is 2.41. The largest absolute Gasteiger partial charge is 0.457 e. The van der Waals surface area contributed by atoms with E-state index in [9.17, 15) is 19.7 Å². The first-order chi connectivity index (χ1) is 14.4. The Hall–Kier alpha value is -3.06. The maximum absolute atomic E-state index is 13.2. The van der Waals surface area contributed by atoms with Gasteiger partial charge in [-0.05, 0) is 76.4 Å². The van der Waals surface area contributed by atoms with Gasteiger partial charge in [0, 0.05) is 11.6 Å². The lowest BCUT2D eigenvalue weighted by Gasteiger charge is -2.43. The van der Waals surface area contributed by atoms with Gasteiger partial charge >= 0.3 is 0 Å². The lowest BCUT2D eigenvalue weighted by atomic mass is 9.73. The third kappa shape index (κ3) is 4.23. The highest BCUT2D eigenvalue weighted by atomic mass is 16.6. The molecule has 2 aromatic carbocycles. The molecule has 0 aliphatic carbocycles. The standard InChI is InChI=1S/C24H27NO6/c1-7-15-8-9-17(30-16-10-11-19(25(28)29)14(2)12-16)13-18(15)20-21(26)23(3,4)31-24(5,6)22(20)27/h8-13,20H,7H2,1-6H3. The number of hydrogen-bond acceptors (Lipinski definition) is 6. The molecule has 1 fully saturated rings. The molecule has 7 nitrogen and oxygen atoms in total. The van der Waals surface area contributed by atoms with E-state index in [0.29, 0.717) is 29.0 Å². The van der Waals surface area contributed by atoms with Crippen molar-refractivity contribution in [3.63, 3.8) is 0 Å². The van der Waals surface area contributed by atoms with Crippen molar-refractivity contribution in [2.45, 2.75) is 65.1 Å². The van der Waals surface area contributed by atoms with Crippen LogP contribution in [0.2, 0.25) is 0 Å². The number of nitrogens with zero attached hydrogens (tertiary/aromatic N) is 1. The van der Waals surface area contributed by atoms with Crippen LogP contribution in [0.3, 0.4) is 0 Å². The van der Waals surface area contributed by atoms with Crippen molar-refractivity contribution in [3.8, 4) is 11.5 Å². The van der Waals surface area contributed by atoms with Gasteiger partial charge < -0.3 is 9.47 Å². The summed E-state index contributed by atoms with van der Waals surface area (Å²) in [6.07, 6.45) is 0.644. The van der Waals surface area contributed by atoms with Crippen LogP contribution in [0.25, 0.3) is 0 Å². The van der Waals surface area contributed by atoms with Crippen LogP contribution in [-0.4, -0.2) is 27.7 Å². The predicted octanol–water partition coefficient (Wildman–Crippen LogP) is 5.07. The molecule has 0 N–H and O–H groups in total. The lowest BCUT2D eigenvalue weighted by molar-refractivity contribution is -0.385. The zero-order valence-electron chi connectivity index (χ0n) is 18.6. The first-order valence-corrected chi connectivity index (χ1v) is 10.2. The molecule has 0 spiro atoms. The van der Waals surface area contributed by atoms with E-state index in [1.54, 1.807) is 52.8 Å². The van der Waals surface area contributed by atoms with Crippen LogP contribution in [0, 0.1) is 17.0 Å². The number of nitro groups is 1. The normalized spacial score (nSPS) is 18.1. The van der Waals surface area contributed by atoms with Crippen LogP contribution in [-0.2, 0) is 20.7 Å². The molecule has 1 saturated heterocycles. The Morgan fingerprint density at radius 1 is 1.00 bits per heavy atom. The Morgan fingerprint density at radius 3 is 2.06 bits per heavy atom. The summed E-state index contributed by atoms with van der Waals surface area (Å²) in [5.74, 6) is -0.632. The van der Waals surface area contributed by atoms with Gasteiger partial charge in [-0.15, -0.1) is 0 Å². The molecule has 0 bridgehead atoms. The fourth-order valence-electron chi connectivity index (χ4n) is 4.09. The summed E-state index contributed by atoms with van der Waals surface area (Å²) in [5.41, 5.74) is -0.215. The highest BCUT2D eigenvalue weighted by Gasteiger charge is 2.53. The molecule has 0 atom stereocenters. The Bertz CT molecular complexity index is 1040. The van der Waals surface area contributed by atoms with Crippen LogP contribution >= 0.6 is 0 Å². The first kappa shape index (κ1) is 22.6. The summed E-state index contributed by atoms with van der Waals surface area (Å²) in [6.45, 7) is 10.3. The van der Waals surface area contributed by atoms with Crippen molar-refractivity contribution in [2.75, 3.05) is 0 Å². The minimum atomic E-state index is -1.10. The zero-order chi connectivity index (χ0) is 23.1. The molecule has 0 saturated carbocycles. The maximum atomic E-state index is 13.2. The molecule has 0 radical (unpaired) electrons. The molecule has 0 unspecified atom stereocenters. The molecule has 3 rings (SSSR count). The molecule has 1 heterocycles. The molecule has 2 aromatic rings. The third-order valence-electron chi connectivity index (χ3n) is 5.63. The molecule has 1 aliphatic heterocycles. The molecule has 7 heteroatoms. The van der Waals surface area contributed by atoms with E-state index in [2.05, 4.69) is 0 Å². The van der Waals surface area contributed by atoms with Crippen molar-refractivity contribution in [3.05, 3.63) is 63.2 Å². The van der Waals surface area contributed by atoms with E-state index in [1.165, 1.54) is 12.1 Å². The monoisotopic (exact) mass is 425 g/mol. The summed E-state index contributed by atoms with van der Waals surface area (Å²) in [4.78, 5) is 37.0. The van der Waals surface area contributed by atoms with E-state index in [1.807, 2.05) is 13.0 Å². The minimum Gasteiger partial charge on any atom is -0.457 e. The quantitative estimate of drug-likeness (QED) is 0.377. The van der Waals surface area contributed by atoms with Gasteiger partial charge in [0.15, 0.2) is 11.6 Å². The lowest BCUT2D eigenvalue weighted by Crippen LogP contribution is -2.58. The van der Waals surface area contributed by atoms with E-state index in [-0.39, 0.29) is 17.3 Å². The number of nitro benzene ring substituents is 1. The van der Waals surface area contributed by atoms with Crippen LogP contribution in [0.15, 0.2) is 36.4 Å². The van der Waals surface area contributed by atoms with Crippen molar-refractivity contribution in [1.82, 2.24) is 0 Å². The van der Waals surface area contributed by atoms with Crippen LogP contribution < -0.4 is 4.74 Å². The topological polar surface area (TPSA) is 95.7 Å². The summed E-state index contributed by atoms with van der Waals surface area (Å²) < 4.78 is 11.7. The number of benzene rings is 2. The molecule has 31 heavy (non-hydrogen) atoms. The van der Waals surface area contributed by atoms with Gasteiger partial charge in [0.2, 0.25) is 0 Å². The van der Waals surface area contributed by atoms with Crippen molar-refractivity contribution in [1.29, 1.82) is 0 Å². The van der Waals surface area contributed by atoms with Gasteiger partial charge in [-0.2, -0.15) is 0 Å². The summed E-state index contributed by atoms with van der Waals surface area (Å²) in [7, 11) is 0. The van der Waals surface area contributed by atoms with Crippen molar-refractivity contribution in [2.24, 2.45) is 0 Å². The van der Waals surface area contributed by atoms with E-state index in [0.717, 1.165) is 5.56 Å². The number of carbonyl (C=O) groups is 2. The number of ketones is 2. The van der Waals surface area contributed by atoms with E-state index >= 15 is 0 Å². The zero-order valence-corrected chi connectivity index (χ0v) is 18.6. The van der Waals surface area contributed by atoms with E-state index in [4.69, 9.17) is 9.47 Å². The van der Waals surface area contributed by atoms with Crippen molar-refractivity contribution < 1.29 is 24.0 Å². The van der Waals surface area contributed by atoms with Gasteiger partial charge in [-0.3, -0.25) is 19.7 Å². The molecule has 0 aromatic heterocycles. The fraction of sp³-hybridized carbons (Fsp3) is 0.417. The molecular formula is C24H27NO6. The molecule has 164 valence electrons. The number of ether oxygens (including phenoxy) is 2. The Labute approximate surface area is 181 Å². The molecule has 0 amide bonds. The SMILES string of the molecule is CCc1ccc(Oc2ccc([N+](=O)[O-])c(C)c2)cc1C1C(=O)C(C)(C)OC(C)(C)C1=O. The van der Waals surface area contributed by atoms with Gasteiger partial charge in [-0.25, -0.2) is 0 Å². The van der Waals surface area contributed by atoms with Crippen LogP contribution in [0.4, 0.5) is 5.69 Å². The predicted molar refractivity (Wildman–Crippen MR) is 116 cm³/mol. The average molecular weight is 425 g/mol.